The van der Waals surface area contributed by atoms with Crippen LogP contribution in [0.2, 0.25) is 0 Å². The van der Waals surface area contributed by atoms with E-state index in [4.69, 9.17) is 4.98 Å². The number of rotatable bonds is 4. The predicted octanol–water partition coefficient (Wildman–Crippen LogP) is 3.63. The van der Waals surface area contributed by atoms with Crippen molar-refractivity contribution >= 4 is 16.7 Å². The number of likely N-dealkylation sites (tertiary alicyclic amines) is 1. The fraction of sp³-hybridized carbons (Fsp3) is 0.381. The fourth-order valence-electron chi connectivity index (χ4n) is 3.87. The number of imidazole rings is 1. The molecule has 2 aromatic carbocycles. The molecule has 3 aromatic rings. The van der Waals surface area contributed by atoms with Gasteiger partial charge in [0.25, 0.3) is 0 Å². The first-order chi connectivity index (χ1) is 12.1. The first kappa shape index (κ1) is 16.2. The van der Waals surface area contributed by atoms with Gasteiger partial charge < -0.3 is 9.47 Å². The molecule has 0 bridgehead atoms. The van der Waals surface area contributed by atoms with E-state index in [1.807, 2.05) is 0 Å². The van der Waals surface area contributed by atoms with Gasteiger partial charge in [0.15, 0.2) is 0 Å². The van der Waals surface area contributed by atoms with Gasteiger partial charge in [-0.25, -0.2) is 4.98 Å². The van der Waals surface area contributed by atoms with Crippen molar-refractivity contribution in [3.63, 3.8) is 0 Å². The van der Waals surface area contributed by atoms with Crippen molar-refractivity contribution in [2.24, 2.45) is 7.05 Å². The molecule has 1 fully saturated rings. The van der Waals surface area contributed by atoms with Crippen LogP contribution in [0.15, 0.2) is 48.5 Å². The van der Waals surface area contributed by atoms with Crippen LogP contribution >= 0.6 is 0 Å². The Morgan fingerprint density at radius 2 is 1.84 bits per heavy atom. The Bertz CT molecular complexity index is 863. The van der Waals surface area contributed by atoms with Crippen molar-refractivity contribution in [2.45, 2.75) is 18.9 Å². The van der Waals surface area contributed by atoms with Crippen molar-refractivity contribution in [3.8, 4) is 0 Å². The molecule has 0 amide bonds. The summed E-state index contributed by atoms with van der Waals surface area (Å²) in [4.78, 5) is 9.59. The summed E-state index contributed by atoms with van der Waals surface area (Å²) in [6.45, 7) is 3.25. The van der Waals surface area contributed by atoms with Crippen molar-refractivity contribution in [3.05, 3.63) is 59.9 Å². The molecule has 0 radical (unpaired) electrons. The normalized spacial score (nSPS) is 18.1. The van der Waals surface area contributed by atoms with Crippen molar-refractivity contribution in [1.82, 2.24) is 14.5 Å². The average Bonchev–Trinajstić information content (AvgIpc) is 3.20. The highest BCUT2D eigenvalue weighted by Gasteiger charge is 2.27. The standard InChI is InChI=1S/C21H26N4/c1-23(2)18-10-8-16(9-11-18)14-25-13-12-17(15-25)21-22-19-6-4-5-7-20(19)24(21)3/h4-11,17H,12-15H2,1-3H3. The van der Waals surface area contributed by atoms with E-state index in [1.165, 1.54) is 29.0 Å². The summed E-state index contributed by atoms with van der Waals surface area (Å²) < 4.78 is 2.27. The summed E-state index contributed by atoms with van der Waals surface area (Å²) in [7, 11) is 6.31. The zero-order valence-corrected chi connectivity index (χ0v) is 15.3. The number of benzene rings is 2. The van der Waals surface area contributed by atoms with E-state index in [2.05, 4.69) is 84.0 Å². The molecule has 0 N–H and O–H groups in total. The lowest BCUT2D eigenvalue weighted by molar-refractivity contribution is 0.325. The van der Waals surface area contributed by atoms with E-state index < -0.39 is 0 Å². The number of aromatic nitrogens is 2. The van der Waals surface area contributed by atoms with E-state index in [0.717, 1.165) is 25.2 Å². The molecule has 25 heavy (non-hydrogen) atoms. The van der Waals surface area contributed by atoms with Gasteiger partial charge in [-0.3, -0.25) is 4.90 Å². The molecular formula is C21H26N4. The van der Waals surface area contributed by atoms with Gasteiger partial charge in [0.05, 0.1) is 11.0 Å². The predicted molar refractivity (Wildman–Crippen MR) is 104 cm³/mol. The first-order valence-corrected chi connectivity index (χ1v) is 9.02. The molecular weight excluding hydrogens is 308 g/mol. The molecule has 0 spiro atoms. The molecule has 1 atom stereocenters. The van der Waals surface area contributed by atoms with Gasteiger partial charge in [-0.2, -0.15) is 0 Å². The van der Waals surface area contributed by atoms with Crippen LogP contribution in [0.3, 0.4) is 0 Å². The van der Waals surface area contributed by atoms with Crippen LogP contribution in [-0.2, 0) is 13.6 Å². The molecule has 1 aliphatic heterocycles. The maximum atomic E-state index is 4.90. The Balaban J connectivity index is 1.46. The SMILES string of the molecule is CN(C)c1ccc(CN2CCC(c3nc4ccccc4n3C)C2)cc1. The Hall–Kier alpha value is -2.33. The second-order valence-corrected chi connectivity index (χ2v) is 7.30. The van der Waals surface area contributed by atoms with Crippen molar-refractivity contribution < 1.29 is 0 Å². The number of fused-ring (bicyclic) bond motifs is 1. The van der Waals surface area contributed by atoms with Crippen LogP contribution in [0.4, 0.5) is 5.69 Å². The summed E-state index contributed by atoms with van der Waals surface area (Å²) in [5.74, 6) is 1.75. The van der Waals surface area contributed by atoms with E-state index in [0.29, 0.717) is 5.92 Å². The lowest BCUT2D eigenvalue weighted by Crippen LogP contribution is -2.20. The minimum atomic E-state index is 0.526. The minimum absolute atomic E-state index is 0.526. The van der Waals surface area contributed by atoms with Crippen LogP contribution in [0.5, 0.6) is 0 Å². The Kier molecular flexibility index (Phi) is 4.22. The van der Waals surface area contributed by atoms with E-state index >= 15 is 0 Å². The van der Waals surface area contributed by atoms with Gasteiger partial charge in [-0.15, -0.1) is 0 Å². The monoisotopic (exact) mass is 334 g/mol. The summed E-state index contributed by atoms with van der Waals surface area (Å²) in [6.07, 6.45) is 1.19. The van der Waals surface area contributed by atoms with Crippen LogP contribution in [0.25, 0.3) is 11.0 Å². The zero-order chi connectivity index (χ0) is 17.4. The van der Waals surface area contributed by atoms with Crippen molar-refractivity contribution in [1.29, 1.82) is 0 Å². The largest absolute Gasteiger partial charge is 0.378 e. The second-order valence-electron chi connectivity index (χ2n) is 7.30. The Morgan fingerprint density at radius 1 is 1.08 bits per heavy atom. The summed E-state index contributed by atoms with van der Waals surface area (Å²) in [6, 6.07) is 17.3. The topological polar surface area (TPSA) is 24.3 Å². The van der Waals surface area contributed by atoms with E-state index in [9.17, 15) is 0 Å². The summed E-state index contributed by atoms with van der Waals surface area (Å²) in [5, 5.41) is 0. The zero-order valence-electron chi connectivity index (χ0n) is 15.3. The van der Waals surface area contributed by atoms with Gasteiger partial charge in [0.2, 0.25) is 0 Å². The number of para-hydroxylation sites is 2. The van der Waals surface area contributed by atoms with Crippen LogP contribution in [0, 0.1) is 0 Å². The third-order valence-electron chi connectivity index (χ3n) is 5.32. The number of hydrogen-bond donors (Lipinski definition) is 0. The average molecular weight is 334 g/mol. The molecule has 130 valence electrons. The highest BCUT2D eigenvalue weighted by atomic mass is 15.2. The maximum Gasteiger partial charge on any atom is 0.114 e. The maximum absolute atomic E-state index is 4.90. The summed E-state index contributed by atoms with van der Waals surface area (Å²) in [5.41, 5.74) is 4.98. The molecule has 1 unspecified atom stereocenters. The molecule has 0 aliphatic carbocycles. The van der Waals surface area contributed by atoms with Crippen LogP contribution in [-0.4, -0.2) is 41.6 Å². The highest BCUT2D eigenvalue weighted by Crippen LogP contribution is 2.29. The quantitative estimate of drug-likeness (QED) is 0.728. The van der Waals surface area contributed by atoms with Gasteiger partial charge in [0, 0.05) is 45.8 Å². The number of hydrogen-bond acceptors (Lipinski definition) is 3. The number of aryl methyl sites for hydroxylation is 1. The third-order valence-corrected chi connectivity index (χ3v) is 5.32. The summed E-state index contributed by atoms with van der Waals surface area (Å²) >= 11 is 0. The van der Waals surface area contributed by atoms with Gasteiger partial charge in [-0.1, -0.05) is 24.3 Å². The molecule has 4 heteroatoms. The molecule has 0 saturated carbocycles. The number of nitrogens with zero attached hydrogens (tertiary/aromatic N) is 4. The van der Waals surface area contributed by atoms with E-state index in [-0.39, 0.29) is 0 Å². The Morgan fingerprint density at radius 3 is 2.56 bits per heavy atom. The van der Waals surface area contributed by atoms with Gasteiger partial charge in [0.1, 0.15) is 5.82 Å². The molecule has 4 nitrogen and oxygen atoms in total. The smallest absolute Gasteiger partial charge is 0.114 e. The van der Waals surface area contributed by atoms with Crippen molar-refractivity contribution in [2.75, 3.05) is 32.1 Å². The fourth-order valence-corrected chi connectivity index (χ4v) is 3.87. The van der Waals surface area contributed by atoms with Crippen LogP contribution in [0.1, 0.15) is 23.7 Å². The number of anilines is 1. The lowest BCUT2D eigenvalue weighted by Gasteiger charge is -2.17. The highest BCUT2D eigenvalue weighted by molar-refractivity contribution is 5.75. The minimum Gasteiger partial charge on any atom is -0.378 e. The van der Waals surface area contributed by atoms with Gasteiger partial charge >= 0.3 is 0 Å². The molecule has 2 heterocycles. The molecule has 1 aliphatic rings. The molecule has 4 rings (SSSR count). The third kappa shape index (κ3) is 3.14. The van der Waals surface area contributed by atoms with E-state index in [1.54, 1.807) is 0 Å². The Labute approximate surface area is 149 Å². The lowest BCUT2D eigenvalue weighted by atomic mass is 10.1. The van der Waals surface area contributed by atoms with Gasteiger partial charge in [-0.05, 0) is 42.8 Å². The second kappa shape index (κ2) is 6.52. The molecule has 1 aromatic heterocycles. The first-order valence-electron chi connectivity index (χ1n) is 9.02. The molecule has 1 saturated heterocycles. The van der Waals surface area contributed by atoms with Crippen LogP contribution < -0.4 is 4.90 Å².